The van der Waals surface area contributed by atoms with Crippen LogP contribution in [0.25, 0.3) is 11.0 Å². The molecule has 146 valence electrons. The normalized spacial score (nSPS) is 17.0. The molecule has 28 heavy (non-hydrogen) atoms. The van der Waals surface area contributed by atoms with Crippen LogP contribution in [0.15, 0.2) is 48.8 Å². The van der Waals surface area contributed by atoms with Crippen LogP contribution < -0.4 is 0 Å². The number of fused-ring (bicyclic) bond motifs is 1. The van der Waals surface area contributed by atoms with Gasteiger partial charge in [-0.3, -0.25) is 9.78 Å². The lowest BCUT2D eigenvalue weighted by Gasteiger charge is -2.18. The van der Waals surface area contributed by atoms with E-state index >= 15 is 0 Å². The van der Waals surface area contributed by atoms with Crippen LogP contribution in [0, 0.1) is 5.92 Å². The van der Waals surface area contributed by atoms with Crippen molar-refractivity contribution in [3.05, 3.63) is 60.2 Å². The zero-order valence-electron chi connectivity index (χ0n) is 16.7. The molecule has 1 fully saturated rings. The predicted molar refractivity (Wildman–Crippen MR) is 111 cm³/mol. The second-order valence-electron chi connectivity index (χ2n) is 8.15. The number of benzene rings is 1. The number of aromatic nitrogens is 3. The number of rotatable bonds is 6. The maximum Gasteiger partial charge on any atom is 0.222 e. The van der Waals surface area contributed by atoms with E-state index in [-0.39, 0.29) is 5.91 Å². The fourth-order valence-corrected chi connectivity index (χ4v) is 4.11. The molecule has 0 radical (unpaired) electrons. The van der Waals surface area contributed by atoms with E-state index in [2.05, 4.69) is 35.5 Å². The summed E-state index contributed by atoms with van der Waals surface area (Å²) in [4.78, 5) is 23.9. The van der Waals surface area contributed by atoms with Crippen molar-refractivity contribution in [1.82, 2.24) is 19.4 Å². The topological polar surface area (TPSA) is 51.0 Å². The Bertz CT molecular complexity index is 948. The third kappa shape index (κ3) is 3.93. The third-order valence-corrected chi connectivity index (χ3v) is 5.50. The van der Waals surface area contributed by atoms with Crippen molar-refractivity contribution in [2.24, 2.45) is 5.92 Å². The molecule has 0 saturated carbocycles. The third-order valence-electron chi connectivity index (χ3n) is 5.50. The highest BCUT2D eigenvalue weighted by Gasteiger charge is 2.30. The van der Waals surface area contributed by atoms with Gasteiger partial charge in [0, 0.05) is 38.2 Å². The van der Waals surface area contributed by atoms with E-state index < -0.39 is 0 Å². The zero-order valence-corrected chi connectivity index (χ0v) is 16.7. The number of nitrogens with zero attached hydrogens (tertiary/aromatic N) is 4. The van der Waals surface area contributed by atoms with Gasteiger partial charge in [-0.1, -0.05) is 44.2 Å². The molecule has 0 bridgehead atoms. The summed E-state index contributed by atoms with van der Waals surface area (Å²) in [6, 6.07) is 12.2. The van der Waals surface area contributed by atoms with E-state index in [1.54, 1.807) is 6.20 Å². The number of imidazole rings is 1. The van der Waals surface area contributed by atoms with Gasteiger partial charge in [-0.15, -0.1) is 0 Å². The van der Waals surface area contributed by atoms with Crippen molar-refractivity contribution in [2.75, 3.05) is 13.1 Å². The van der Waals surface area contributed by atoms with Crippen molar-refractivity contribution in [1.29, 1.82) is 0 Å². The van der Waals surface area contributed by atoms with Crippen molar-refractivity contribution < 1.29 is 4.79 Å². The summed E-state index contributed by atoms with van der Waals surface area (Å²) in [5.74, 6) is 2.18. The Balaban J connectivity index is 1.47. The van der Waals surface area contributed by atoms with E-state index in [0.717, 1.165) is 49.3 Å². The van der Waals surface area contributed by atoms with Crippen LogP contribution in [-0.2, 0) is 17.8 Å². The number of pyridine rings is 1. The minimum Gasteiger partial charge on any atom is -0.342 e. The molecule has 1 atom stereocenters. The lowest BCUT2D eigenvalue weighted by molar-refractivity contribution is -0.130. The molecule has 1 aliphatic rings. The first-order chi connectivity index (χ1) is 13.6. The molecule has 3 aromatic rings. The fourth-order valence-electron chi connectivity index (χ4n) is 4.11. The SMILES string of the molecule is CC(C)Cn1c([C@H]2CCN(C(=O)CCc3ccccc3)C2)nc2ccncc21. The highest BCUT2D eigenvalue weighted by atomic mass is 16.2. The van der Waals surface area contributed by atoms with Crippen molar-refractivity contribution in [3.8, 4) is 0 Å². The van der Waals surface area contributed by atoms with Crippen LogP contribution in [0.3, 0.4) is 0 Å². The van der Waals surface area contributed by atoms with Crippen LogP contribution in [0.4, 0.5) is 0 Å². The van der Waals surface area contributed by atoms with Gasteiger partial charge in [-0.2, -0.15) is 0 Å². The summed E-state index contributed by atoms with van der Waals surface area (Å²) in [5.41, 5.74) is 3.32. The smallest absolute Gasteiger partial charge is 0.222 e. The van der Waals surface area contributed by atoms with E-state index in [9.17, 15) is 4.79 Å². The predicted octanol–water partition coefficient (Wildman–Crippen LogP) is 4.04. The van der Waals surface area contributed by atoms with E-state index in [4.69, 9.17) is 4.98 Å². The van der Waals surface area contributed by atoms with E-state index in [1.165, 1.54) is 5.56 Å². The standard InChI is InChI=1S/C23H28N4O/c1-17(2)15-27-21-14-24-12-10-20(21)25-23(27)19-11-13-26(16-19)22(28)9-8-18-6-4-3-5-7-18/h3-7,10,12,14,17,19H,8-9,11,13,15-16H2,1-2H3/t19-/m0/s1. The molecule has 0 N–H and O–H groups in total. The minimum atomic E-state index is 0.250. The van der Waals surface area contributed by atoms with Crippen LogP contribution in [0.2, 0.25) is 0 Å². The molecule has 1 amide bonds. The first-order valence-electron chi connectivity index (χ1n) is 10.2. The number of aryl methyl sites for hydroxylation is 1. The van der Waals surface area contributed by atoms with Gasteiger partial charge in [-0.25, -0.2) is 4.98 Å². The van der Waals surface area contributed by atoms with Crippen LogP contribution in [0.1, 0.15) is 44.0 Å². The van der Waals surface area contributed by atoms with E-state index in [0.29, 0.717) is 18.3 Å². The Kier molecular flexibility index (Phi) is 5.42. The summed E-state index contributed by atoms with van der Waals surface area (Å²) >= 11 is 0. The van der Waals surface area contributed by atoms with Crippen molar-refractivity contribution >= 4 is 16.9 Å². The quantitative estimate of drug-likeness (QED) is 0.652. The molecule has 1 aliphatic heterocycles. The van der Waals surface area contributed by atoms with Gasteiger partial charge in [0.2, 0.25) is 5.91 Å². The summed E-state index contributed by atoms with van der Waals surface area (Å²) in [6.07, 6.45) is 6.06. The molecule has 0 unspecified atom stereocenters. The Hall–Kier alpha value is -2.69. The van der Waals surface area contributed by atoms with Gasteiger partial charge in [0.15, 0.2) is 0 Å². The molecule has 5 heteroatoms. The summed E-state index contributed by atoms with van der Waals surface area (Å²) in [7, 11) is 0. The highest BCUT2D eigenvalue weighted by molar-refractivity contribution is 5.77. The lowest BCUT2D eigenvalue weighted by atomic mass is 10.1. The Morgan fingerprint density at radius 3 is 2.82 bits per heavy atom. The largest absolute Gasteiger partial charge is 0.342 e. The molecule has 2 aromatic heterocycles. The number of hydrogen-bond donors (Lipinski definition) is 0. The van der Waals surface area contributed by atoms with Gasteiger partial charge in [0.05, 0.1) is 17.2 Å². The van der Waals surface area contributed by atoms with Crippen molar-refractivity contribution in [3.63, 3.8) is 0 Å². The average Bonchev–Trinajstić information content (AvgIpc) is 3.32. The van der Waals surface area contributed by atoms with Gasteiger partial charge in [0.1, 0.15) is 5.82 Å². The van der Waals surface area contributed by atoms with Crippen molar-refractivity contribution in [2.45, 2.75) is 45.6 Å². The van der Waals surface area contributed by atoms with E-state index in [1.807, 2.05) is 35.4 Å². The number of hydrogen-bond acceptors (Lipinski definition) is 3. The van der Waals surface area contributed by atoms with Crippen LogP contribution in [-0.4, -0.2) is 38.4 Å². The zero-order chi connectivity index (χ0) is 19.5. The minimum absolute atomic E-state index is 0.250. The molecular formula is C23H28N4O. The maximum absolute atomic E-state index is 12.7. The maximum atomic E-state index is 12.7. The average molecular weight is 377 g/mol. The molecule has 4 rings (SSSR count). The molecule has 5 nitrogen and oxygen atoms in total. The summed E-state index contributed by atoms with van der Waals surface area (Å²) < 4.78 is 2.32. The summed E-state index contributed by atoms with van der Waals surface area (Å²) in [6.45, 7) is 6.96. The molecule has 1 saturated heterocycles. The first-order valence-corrected chi connectivity index (χ1v) is 10.2. The van der Waals surface area contributed by atoms with Crippen LogP contribution in [0.5, 0.6) is 0 Å². The van der Waals surface area contributed by atoms with Gasteiger partial charge in [-0.05, 0) is 30.4 Å². The van der Waals surface area contributed by atoms with Crippen LogP contribution >= 0.6 is 0 Å². The fraction of sp³-hybridized carbons (Fsp3) is 0.435. The molecule has 1 aromatic carbocycles. The lowest BCUT2D eigenvalue weighted by Crippen LogP contribution is -2.29. The van der Waals surface area contributed by atoms with Gasteiger partial charge >= 0.3 is 0 Å². The summed E-state index contributed by atoms with van der Waals surface area (Å²) in [5, 5.41) is 0. The Labute approximate surface area is 166 Å². The molecule has 0 spiro atoms. The van der Waals surface area contributed by atoms with Gasteiger partial charge < -0.3 is 9.47 Å². The molecular weight excluding hydrogens is 348 g/mol. The molecule has 3 heterocycles. The second kappa shape index (κ2) is 8.13. The monoisotopic (exact) mass is 376 g/mol. The highest BCUT2D eigenvalue weighted by Crippen LogP contribution is 2.30. The second-order valence-corrected chi connectivity index (χ2v) is 8.15. The first kappa shape index (κ1) is 18.7. The number of amides is 1. The number of likely N-dealkylation sites (tertiary alicyclic amines) is 1. The molecule has 0 aliphatic carbocycles. The van der Waals surface area contributed by atoms with Gasteiger partial charge in [0.25, 0.3) is 0 Å². The number of carbonyl (C=O) groups excluding carboxylic acids is 1. The number of carbonyl (C=O) groups is 1. The Morgan fingerprint density at radius 2 is 2.04 bits per heavy atom. The Morgan fingerprint density at radius 1 is 1.21 bits per heavy atom.